The summed E-state index contributed by atoms with van der Waals surface area (Å²) in [6, 6.07) is 23.1. The number of likely N-dealkylation sites (N-methyl/N-ethyl adjacent to an activating group) is 2. The molecule has 0 aliphatic heterocycles. The van der Waals surface area contributed by atoms with Crippen LogP contribution in [-0.4, -0.2) is 57.5 Å². The Hall–Kier alpha value is -6.30. The Morgan fingerprint density at radius 2 is 1.05 bits per heavy atom. The van der Waals surface area contributed by atoms with Gasteiger partial charge in [0.2, 0.25) is 0 Å². The summed E-state index contributed by atoms with van der Waals surface area (Å²) in [6.07, 6.45) is 6.52. The van der Waals surface area contributed by atoms with E-state index in [2.05, 4.69) is 41.0 Å². The van der Waals surface area contributed by atoms with Gasteiger partial charge in [-0.2, -0.15) is 0 Å². The Morgan fingerprint density at radius 1 is 0.547 bits per heavy atom. The normalized spacial score (nSPS) is 10.9. The lowest BCUT2D eigenvalue weighted by molar-refractivity contribution is 0.510. The average Bonchev–Trinajstić information content (AvgIpc) is 4.00. The highest BCUT2D eigenvalue weighted by Gasteiger charge is 2.23. The molecule has 8 aromatic rings. The molecule has 0 aliphatic carbocycles. The maximum Gasteiger partial charge on any atom is 0.318 e. The van der Waals surface area contributed by atoms with Crippen LogP contribution in [0.2, 0.25) is 0 Å². The summed E-state index contributed by atoms with van der Waals surface area (Å²) in [4.78, 5) is 11.7. The first kappa shape index (κ1) is 45.7. The molecule has 0 radical (unpaired) electrons. The maximum absolute atomic E-state index is 14.7. The summed E-state index contributed by atoms with van der Waals surface area (Å²) >= 11 is 3.91. The van der Waals surface area contributed by atoms with Crippen molar-refractivity contribution >= 4 is 80.0 Å². The quantitative estimate of drug-likeness (QED) is 0.0793. The lowest BCUT2D eigenvalue weighted by Gasteiger charge is -2.14. The number of nitrogens with zero attached hydrogens (tertiary/aromatic N) is 8. The second-order valence-electron chi connectivity index (χ2n) is 13.9. The van der Waals surface area contributed by atoms with Gasteiger partial charge < -0.3 is 29.3 Å². The lowest BCUT2D eigenvalue weighted by Crippen LogP contribution is -2.20. The van der Waals surface area contributed by atoms with Crippen LogP contribution in [0.3, 0.4) is 0 Å². The van der Waals surface area contributed by atoms with E-state index in [-0.39, 0.29) is 57.7 Å². The van der Waals surface area contributed by atoms with E-state index < -0.39 is 34.9 Å². The third-order valence-corrected chi connectivity index (χ3v) is 10.8. The largest absolute Gasteiger partial charge is 0.403 e. The van der Waals surface area contributed by atoms with Crippen LogP contribution >= 0.6 is 45.2 Å². The van der Waals surface area contributed by atoms with Gasteiger partial charge in [-0.25, -0.2) is 26.3 Å². The monoisotopic (exact) mass is 1100 g/mol. The zero-order valence-corrected chi connectivity index (χ0v) is 38.0. The second-order valence-corrected chi connectivity index (χ2v) is 16.4. The predicted molar refractivity (Wildman–Crippen MR) is 247 cm³/mol. The van der Waals surface area contributed by atoms with Gasteiger partial charge in [0, 0.05) is 65.0 Å². The smallest absolute Gasteiger partial charge is 0.318 e. The molecule has 328 valence electrons. The van der Waals surface area contributed by atoms with Crippen molar-refractivity contribution in [1.29, 1.82) is 0 Å². The van der Waals surface area contributed by atoms with Crippen molar-refractivity contribution in [1.82, 2.24) is 30.4 Å². The topological polar surface area (TPSA) is 134 Å². The van der Waals surface area contributed by atoms with Crippen LogP contribution < -0.4 is 20.4 Å². The highest BCUT2D eigenvalue weighted by atomic mass is 127. The molecule has 12 nitrogen and oxygen atoms in total. The SMILES string of the molecule is CN(CCc1ccccn1)c1nnc(-c2ccc(F)c(F)c2Nc2ccc(I)cc2F)o1.CN(CCc1ccncc1)c1nnc(-c2ccc(F)c(F)c2Nc2ccc(I)cc2F)o1. The van der Waals surface area contributed by atoms with E-state index in [1.165, 1.54) is 36.4 Å². The molecule has 0 fully saturated rings. The van der Waals surface area contributed by atoms with Crippen molar-refractivity contribution in [2.24, 2.45) is 0 Å². The summed E-state index contributed by atoms with van der Waals surface area (Å²) < 4.78 is 98.5. The Balaban J connectivity index is 0.000000191. The van der Waals surface area contributed by atoms with E-state index in [0.717, 1.165) is 29.8 Å². The molecule has 0 saturated carbocycles. The minimum atomic E-state index is -1.18. The second kappa shape index (κ2) is 20.9. The van der Waals surface area contributed by atoms with E-state index in [9.17, 15) is 26.3 Å². The zero-order chi connectivity index (χ0) is 45.3. The van der Waals surface area contributed by atoms with Gasteiger partial charge in [0.1, 0.15) is 11.6 Å². The van der Waals surface area contributed by atoms with Crippen molar-refractivity contribution in [2.75, 3.05) is 47.6 Å². The Morgan fingerprint density at radius 3 is 1.52 bits per heavy atom. The zero-order valence-electron chi connectivity index (χ0n) is 33.6. The van der Waals surface area contributed by atoms with Crippen molar-refractivity contribution < 1.29 is 35.2 Å². The number of pyridine rings is 2. The molecule has 4 heterocycles. The first-order valence-corrected chi connectivity index (χ1v) is 21.3. The average molecular weight is 1100 g/mol. The number of aromatic nitrogens is 6. The van der Waals surface area contributed by atoms with E-state index in [4.69, 9.17) is 8.83 Å². The highest BCUT2D eigenvalue weighted by Crippen LogP contribution is 2.37. The van der Waals surface area contributed by atoms with Gasteiger partial charge >= 0.3 is 12.0 Å². The van der Waals surface area contributed by atoms with Gasteiger partial charge in [0.05, 0.1) is 33.9 Å². The van der Waals surface area contributed by atoms with Crippen LogP contribution in [0, 0.1) is 42.0 Å². The van der Waals surface area contributed by atoms with Crippen molar-refractivity contribution in [2.45, 2.75) is 12.8 Å². The Labute approximate surface area is 389 Å². The fourth-order valence-corrected chi connectivity index (χ4v) is 6.88. The minimum absolute atomic E-state index is 0.00891. The summed E-state index contributed by atoms with van der Waals surface area (Å²) in [5, 5.41) is 21.2. The summed E-state index contributed by atoms with van der Waals surface area (Å²) in [5.74, 6) is -5.79. The fraction of sp³-hybridized carbons (Fsp3) is 0.136. The number of hydrogen-bond donors (Lipinski definition) is 2. The van der Waals surface area contributed by atoms with Crippen LogP contribution in [0.15, 0.2) is 118 Å². The predicted octanol–water partition coefficient (Wildman–Crippen LogP) is 11.2. The van der Waals surface area contributed by atoms with Gasteiger partial charge in [0.25, 0.3) is 11.8 Å². The van der Waals surface area contributed by atoms with Crippen LogP contribution in [0.4, 0.5) is 61.1 Å². The summed E-state index contributed by atoms with van der Waals surface area (Å²) in [5.41, 5.74) is 1.62. The number of anilines is 6. The molecular weight excluding hydrogens is 1070 g/mol. The van der Waals surface area contributed by atoms with Gasteiger partial charge in [0.15, 0.2) is 23.3 Å². The minimum Gasteiger partial charge on any atom is -0.403 e. The maximum atomic E-state index is 14.7. The van der Waals surface area contributed by atoms with Gasteiger partial charge in [-0.1, -0.05) is 16.3 Å². The van der Waals surface area contributed by atoms with Gasteiger partial charge in [-0.15, -0.1) is 10.2 Å². The molecule has 0 bridgehead atoms. The molecule has 0 amide bonds. The number of hydrogen-bond acceptors (Lipinski definition) is 12. The van der Waals surface area contributed by atoms with Crippen molar-refractivity contribution in [3.63, 3.8) is 0 Å². The molecule has 0 atom stereocenters. The fourth-order valence-electron chi connectivity index (χ4n) is 5.98. The van der Waals surface area contributed by atoms with Gasteiger partial charge in [-0.3, -0.25) is 9.97 Å². The molecule has 20 heteroatoms. The molecule has 0 unspecified atom stereocenters. The molecule has 0 spiro atoms. The van der Waals surface area contributed by atoms with Crippen LogP contribution in [0.1, 0.15) is 11.3 Å². The van der Waals surface area contributed by atoms with E-state index in [1.54, 1.807) is 54.6 Å². The number of halogens is 8. The lowest BCUT2D eigenvalue weighted by atomic mass is 10.1. The van der Waals surface area contributed by atoms with Crippen LogP contribution in [0.5, 0.6) is 0 Å². The molecule has 4 aromatic heterocycles. The molecule has 4 aromatic carbocycles. The van der Waals surface area contributed by atoms with E-state index >= 15 is 0 Å². The molecule has 0 aliphatic rings. The number of nitrogens with one attached hydrogen (secondary N) is 2. The summed E-state index contributed by atoms with van der Waals surface area (Å²) in [6.45, 7) is 1.14. The van der Waals surface area contributed by atoms with E-state index in [1.807, 2.05) is 75.5 Å². The third kappa shape index (κ3) is 11.3. The Kier molecular flexibility index (Phi) is 14.9. The van der Waals surface area contributed by atoms with Crippen molar-refractivity contribution in [3.05, 3.63) is 163 Å². The molecule has 64 heavy (non-hydrogen) atoms. The first-order valence-electron chi connectivity index (χ1n) is 19.1. The van der Waals surface area contributed by atoms with Gasteiger partial charge in [-0.05, 0) is 142 Å². The molecule has 8 rings (SSSR count). The standard InChI is InChI=1S/2C22H17F3IN5O/c1-31(11-8-13-6-9-27-10-7-13)22-30-29-21(32-22)15-3-4-16(23)19(25)20(15)28-18-5-2-14(26)12-17(18)24;1-31(11-9-14-4-2-3-10-27-14)22-30-29-21(32-22)15-6-7-16(23)19(25)20(15)28-18-8-5-13(26)12-17(18)24/h2-7,9-10,12,28H,8,11H2,1H3;2-8,10,12,28H,9,11H2,1H3. The third-order valence-electron chi connectivity index (χ3n) is 9.43. The van der Waals surface area contributed by atoms with Crippen LogP contribution in [0.25, 0.3) is 22.9 Å². The van der Waals surface area contributed by atoms with Crippen molar-refractivity contribution in [3.8, 4) is 22.9 Å². The number of rotatable bonds is 14. The molecule has 0 saturated heterocycles. The Bertz CT molecular complexity index is 2660. The highest BCUT2D eigenvalue weighted by molar-refractivity contribution is 14.1. The first-order chi connectivity index (χ1) is 30.8. The molecular formula is C44H34F6I2N10O2. The van der Waals surface area contributed by atoms with E-state index in [0.29, 0.717) is 26.7 Å². The van der Waals surface area contributed by atoms with Crippen LogP contribution in [-0.2, 0) is 12.8 Å². The molecule has 2 N–H and O–H groups in total. The number of benzene rings is 4. The summed E-state index contributed by atoms with van der Waals surface area (Å²) in [7, 11) is 3.55.